The highest BCUT2D eigenvalue weighted by Crippen LogP contribution is 2.18. The van der Waals surface area contributed by atoms with Gasteiger partial charge in [0.1, 0.15) is 0 Å². The fraction of sp³-hybridized carbons (Fsp3) is 0.286. The average molecular weight is 374 g/mol. The van der Waals surface area contributed by atoms with Crippen LogP contribution >= 0.6 is 27.3 Å². The van der Waals surface area contributed by atoms with Gasteiger partial charge in [-0.2, -0.15) is 0 Å². The quantitative estimate of drug-likeness (QED) is 0.840. The SMILES string of the molecule is C[C@@H](NCCS(=O)(=O)c1ccc(Br)cc1)c1cccs1. The number of nitrogens with one attached hydrogen (secondary N) is 1. The van der Waals surface area contributed by atoms with Gasteiger partial charge in [0.15, 0.2) is 9.84 Å². The number of benzene rings is 1. The van der Waals surface area contributed by atoms with Crippen LogP contribution < -0.4 is 5.32 Å². The fourth-order valence-corrected chi connectivity index (χ4v) is 4.00. The van der Waals surface area contributed by atoms with E-state index >= 15 is 0 Å². The molecule has 0 aliphatic carbocycles. The molecule has 2 rings (SSSR count). The summed E-state index contributed by atoms with van der Waals surface area (Å²) in [4.78, 5) is 1.58. The lowest BCUT2D eigenvalue weighted by molar-refractivity contribution is 0.575. The predicted molar refractivity (Wildman–Crippen MR) is 86.9 cm³/mol. The molecular formula is C14H16BrNO2S2. The molecule has 0 aliphatic rings. The first-order valence-electron chi connectivity index (χ1n) is 6.24. The Morgan fingerprint density at radius 1 is 1.25 bits per heavy atom. The zero-order valence-corrected chi connectivity index (χ0v) is 14.3. The Hall–Kier alpha value is -0.690. The average Bonchev–Trinajstić information content (AvgIpc) is 2.93. The zero-order valence-electron chi connectivity index (χ0n) is 11.0. The van der Waals surface area contributed by atoms with Gasteiger partial charge in [-0.3, -0.25) is 0 Å². The van der Waals surface area contributed by atoms with Crippen molar-refractivity contribution in [3.8, 4) is 0 Å². The second-order valence-corrected chi connectivity index (χ2v) is 8.47. The van der Waals surface area contributed by atoms with Gasteiger partial charge in [-0.1, -0.05) is 22.0 Å². The third-order valence-corrected chi connectivity index (χ3v) is 6.28. The van der Waals surface area contributed by atoms with Crippen molar-refractivity contribution >= 4 is 37.1 Å². The molecule has 3 nitrogen and oxygen atoms in total. The lowest BCUT2D eigenvalue weighted by atomic mass is 10.3. The van der Waals surface area contributed by atoms with E-state index in [0.717, 1.165) is 4.47 Å². The maximum atomic E-state index is 12.2. The number of thiophene rings is 1. The van der Waals surface area contributed by atoms with Crippen LogP contribution in [0, 0.1) is 0 Å². The number of sulfone groups is 1. The van der Waals surface area contributed by atoms with Crippen molar-refractivity contribution in [2.75, 3.05) is 12.3 Å². The molecule has 1 atom stereocenters. The molecule has 20 heavy (non-hydrogen) atoms. The molecule has 1 heterocycles. The Kier molecular flexibility index (Phi) is 5.37. The molecule has 1 N–H and O–H groups in total. The monoisotopic (exact) mass is 373 g/mol. The third kappa shape index (κ3) is 4.15. The first-order valence-corrected chi connectivity index (χ1v) is 9.56. The molecule has 0 bridgehead atoms. The van der Waals surface area contributed by atoms with Crippen molar-refractivity contribution in [1.29, 1.82) is 0 Å². The maximum Gasteiger partial charge on any atom is 0.179 e. The first kappa shape index (κ1) is 15.7. The topological polar surface area (TPSA) is 46.2 Å². The van der Waals surface area contributed by atoms with Gasteiger partial charge in [0.05, 0.1) is 10.6 Å². The molecule has 6 heteroatoms. The Bertz CT molecular complexity index is 636. The highest BCUT2D eigenvalue weighted by Gasteiger charge is 2.14. The van der Waals surface area contributed by atoms with Crippen LogP contribution in [0.5, 0.6) is 0 Å². The summed E-state index contributed by atoms with van der Waals surface area (Å²) in [5.41, 5.74) is 0. The van der Waals surface area contributed by atoms with Crippen LogP contribution in [-0.4, -0.2) is 20.7 Å². The van der Waals surface area contributed by atoms with Gasteiger partial charge in [-0.25, -0.2) is 8.42 Å². The molecule has 0 radical (unpaired) electrons. The smallest absolute Gasteiger partial charge is 0.179 e. The van der Waals surface area contributed by atoms with Gasteiger partial charge in [0, 0.05) is 21.9 Å². The Morgan fingerprint density at radius 2 is 1.95 bits per heavy atom. The van der Waals surface area contributed by atoms with Crippen molar-refractivity contribution in [1.82, 2.24) is 5.32 Å². The fourth-order valence-electron chi connectivity index (χ4n) is 1.81. The summed E-state index contributed by atoms with van der Waals surface area (Å²) in [6.45, 7) is 2.48. The summed E-state index contributed by atoms with van der Waals surface area (Å²) >= 11 is 4.97. The molecule has 1 aromatic heterocycles. The second kappa shape index (κ2) is 6.85. The molecule has 0 saturated heterocycles. The predicted octanol–water partition coefficient (Wildman–Crippen LogP) is 3.64. The minimum absolute atomic E-state index is 0.102. The normalized spacial score (nSPS) is 13.3. The summed E-state index contributed by atoms with van der Waals surface area (Å²) < 4.78 is 25.2. The summed E-state index contributed by atoms with van der Waals surface area (Å²) in [5.74, 6) is 0.102. The number of halogens is 1. The molecule has 108 valence electrons. The summed E-state index contributed by atoms with van der Waals surface area (Å²) in [6.07, 6.45) is 0. The summed E-state index contributed by atoms with van der Waals surface area (Å²) in [7, 11) is -3.22. The van der Waals surface area contributed by atoms with Crippen LogP contribution in [0.15, 0.2) is 51.1 Å². The van der Waals surface area contributed by atoms with E-state index in [4.69, 9.17) is 0 Å². The van der Waals surface area contributed by atoms with E-state index in [1.165, 1.54) is 4.88 Å². The van der Waals surface area contributed by atoms with Crippen molar-refractivity contribution in [2.24, 2.45) is 0 Å². The number of rotatable bonds is 6. The van der Waals surface area contributed by atoms with E-state index in [0.29, 0.717) is 11.4 Å². The van der Waals surface area contributed by atoms with Crippen LogP contribution in [-0.2, 0) is 9.84 Å². The van der Waals surface area contributed by atoms with Gasteiger partial charge in [-0.15, -0.1) is 11.3 Å². The first-order chi connectivity index (χ1) is 9.49. The Balaban J connectivity index is 1.91. The number of hydrogen-bond donors (Lipinski definition) is 1. The van der Waals surface area contributed by atoms with Crippen molar-refractivity contribution in [2.45, 2.75) is 17.9 Å². The highest BCUT2D eigenvalue weighted by molar-refractivity contribution is 9.10. The Labute approximate surface area is 132 Å². The second-order valence-electron chi connectivity index (χ2n) is 4.46. The molecular weight excluding hydrogens is 358 g/mol. The molecule has 0 saturated carbocycles. The summed E-state index contributed by atoms with van der Waals surface area (Å²) in [6, 6.07) is 11.0. The highest BCUT2D eigenvalue weighted by atomic mass is 79.9. The molecule has 2 aromatic rings. The van der Waals surface area contributed by atoms with Crippen LogP contribution in [0.3, 0.4) is 0 Å². The molecule has 0 aliphatic heterocycles. The van der Waals surface area contributed by atoms with Crippen molar-refractivity contribution < 1.29 is 8.42 Å². The minimum atomic E-state index is -3.22. The van der Waals surface area contributed by atoms with E-state index in [-0.39, 0.29) is 11.8 Å². The summed E-state index contributed by atoms with van der Waals surface area (Å²) in [5, 5.41) is 5.26. The zero-order chi connectivity index (χ0) is 14.6. The number of hydrogen-bond acceptors (Lipinski definition) is 4. The van der Waals surface area contributed by atoms with Crippen molar-refractivity contribution in [3.63, 3.8) is 0 Å². The van der Waals surface area contributed by atoms with Gasteiger partial charge in [0.2, 0.25) is 0 Å². The van der Waals surface area contributed by atoms with Crippen LogP contribution in [0.25, 0.3) is 0 Å². The third-order valence-electron chi connectivity index (χ3n) is 2.96. The molecule has 0 fully saturated rings. The van der Waals surface area contributed by atoms with Crippen LogP contribution in [0.4, 0.5) is 0 Å². The molecule has 0 spiro atoms. The molecule has 0 unspecified atom stereocenters. The van der Waals surface area contributed by atoms with Gasteiger partial charge in [-0.05, 0) is 42.6 Å². The van der Waals surface area contributed by atoms with E-state index in [9.17, 15) is 8.42 Å². The molecule has 1 aromatic carbocycles. The van der Waals surface area contributed by atoms with Gasteiger partial charge in [0.25, 0.3) is 0 Å². The van der Waals surface area contributed by atoms with E-state index in [2.05, 4.69) is 21.2 Å². The Morgan fingerprint density at radius 3 is 2.55 bits per heavy atom. The lowest BCUT2D eigenvalue weighted by Crippen LogP contribution is -2.25. The largest absolute Gasteiger partial charge is 0.308 e. The van der Waals surface area contributed by atoms with Gasteiger partial charge >= 0.3 is 0 Å². The van der Waals surface area contributed by atoms with E-state index < -0.39 is 9.84 Å². The van der Waals surface area contributed by atoms with Crippen molar-refractivity contribution in [3.05, 3.63) is 51.1 Å². The minimum Gasteiger partial charge on any atom is -0.308 e. The van der Waals surface area contributed by atoms with Crippen LogP contribution in [0.2, 0.25) is 0 Å². The van der Waals surface area contributed by atoms with Crippen LogP contribution in [0.1, 0.15) is 17.8 Å². The van der Waals surface area contributed by atoms with E-state index in [1.807, 2.05) is 24.4 Å². The van der Waals surface area contributed by atoms with Gasteiger partial charge < -0.3 is 5.32 Å². The molecule has 0 amide bonds. The van der Waals surface area contributed by atoms with E-state index in [1.54, 1.807) is 35.6 Å². The lowest BCUT2D eigenvalue weighted by Gasteiger charge is -2.12. The maximum absolute atomic E-state index is 12.2. The standard InChI is InChI=1S/C14H16BrNO2S2/c1-11(14-3-2-9-19-14)16-8-10-20(17,18)13-6-4-12(15)5-7-13/h2-7,9,11,16H,8,10H2,1H3/t11-/m1/s1.